The van der Waals surface area contributed by atoms with Gasteiger partial charge in [0, 0.05) is 18.2 Å². The summed E-state index contributed by atoms with van der Waals surface area (Å²) >= 11 is 1.74. The van der Waals surface area contributed by atoms with Gasteiger partial charge in [-0.15, -0.1) is 11.3 Å². The molecule has 2 unspecified atom stereocenters. The SMILES string of the molecule is CNC1(c2nccs2)CCOC(C(C)C)C1. The third kappa shape index (κ3) is 2.14. The van der Waals surface area contributed by atoms with Crippen molar-refractivity contribution in [3.63, 3.8) is 0 Å². The summed E-state index contributed by atoms with van der Waals surface area (Å²) < 4.78 is 5.83. The third-order valence-corrected chi connectivity index (χ3v) is 4.45. The lowest BCUT2D eigenvalue weighted by Crippen LogP contribution is -2.48. The molecule has 2 rings (SSSR count). The molecule has 16 heavy (non-hydrogen) atoms. The lowest BCUT2D eigenvalue weighted by Gasteiger charge is -2.40. The molecule has 2 heterocycles. The first-order chi connectivity index (χ1) is 7.68. The van der Waals surface area contributed by atoms with Crippen LogP contribution in [0.2, 0.25) is 0 Å². The molecule has 1 saturated heterocycles. The Morgan fingerprint density at radius 2 is 2.44 bits per heavy atom. The number of nitrogens with zero attached hydrogens (tertiary/aromatic N) is 1. The molecule has 1 N–H and O–H groups in total. The molecule has 0 radical (unpaired) electrons. The van der Waals surface area contributed by atoms with Gasteiger partial charge in [0.05, 0.1) is 11.6 Å². The zero-order valence-corrected chi connectivity index (χ0v) is 11.0. The van der Waals surface area contributed by atoms with Gasteiger partial charge in [-0.3, -0.25) is 0 Å². The second-order valence-corrected chi connectivity index (χ2v) is 5.67. The van der Waals surface area contributed by atoms with Gasteiger partial charge in [0.15, 0.2) is 0 Å². The largest absolute Gasteiger partial charge is 0.378 e. The lowest BCUT2D eigenvalue weighted by atomic mass is 9.84. The van der Waals surface area contributed by atoms with Crippen LogP contribution in [0.4, 0.5) is 0 Å². The maximum absolute atomic E-state index is 5.83. The standard InChI is InChI=1S/C12H20N2OS/c1-9(2)10-8-12(13-3,4-6-15-10)11-14-5-7-16-11/h5,7,9-10,13H,4,6,8H2,1-3H3. The number of hydrogen-bond donors (Lipinski definition) is 1. The Hall–Kier alpha value is -0.450. The summed E-state index contributed by atoms with van der Waals surface area (Å²) in [7, 11) is 2.03. The highest BCUT2D eigenvalue weighted by Crippen LogP contribution is 2.37. The maximum Gasteiger partial charge on any atom is 0.113 e. The molecule has 0 aliphatic carbocycles. The van der Waals surface area contributed by atoms with Gasteiger partial charge in [-0.25, -0.2) is 4.98 Å². The van der Waals surface area contributed by atoms with E-state index in [4.69, 9.17) is 4.74 Å². The van der Waals surface area contributed by atoms with E-state index >= 15 is 0 Å². The molecule has 0 amide bonds. The molecule has 90 valence electrons. The summed E-state index contributed by atoms with van der Waals surface area (Å²) in [4.78, 5) is 4.48. The highest BCUT2D eigenvalue weighted by Gasteiger charge is 2.40. The minimum Gasteiger partial charge on any atom is -0.378 e. The van der Waals surface area contributed by atoms with Gasteiger partial charge in [0.1, 0.15) is 5.01 Å². The monoisotopic (exact) mass is 240 g/mol. The van der Waals surface area contributed by atoms with Gasteiger partial charge < -0.3 is 10.1 Å². The molecule has 3 nitrogen and oxygen atoms in total. The summed E-state index contributed by atoms with van der Waals surface area (Å²) in [5.74, 6) is 0.563. The van der Waals surface area contributed by atoms with Gasteiger partial charge in [-0.05, 0) is 25.8 Å². The van der Waals surface area contributed by atoms with E-state index in [2.05, 4.69) is 24.1 Å². The van der Waals surface area contributed by atoms with E-state index in [9.17, 15) is 0 Å². The fourth-order valence-electron chi connectivity index (χ4n) is 2.31. The first kappa shape index (κ1) is 12.0. The van der Waals surface area contributed by atoms with Crippen molar-refractivity contribution in [2.75, 3.05) is 13.7 Å². The number of ether oxygens (including phenoxy) is 1. The molecule has 1 aliphatic heterocycles. The highest BCUT2D eigenvalue weighted by molar-refractivity contribution is 7.09. The van der Waals surface area contributed by atoms with Crippen molar-refractivity contribution < 1.29 is 4.74 Å². The summed E-state index contributed by atoms with van der Waals surface area (Å²) in [6.07, 6.45) is 4.26. The van der Waals surface area contributed by atoms with Crippen LogP contribution in [0.5, 0.6) is 0 Å². The van der Waals surface area contributed by atoms with Gasteiger partial charge in [0.25, 0.3) is 0 Å². The van der Waals surface area contributed by atoms with Crippen LogP contribution in [0, 0.1) is 5.92 Å². The Morgan fingerprint density at radius 3 is 3.00 bits per heavy atom. The molecule has 2 atom stereocenters. The number of nitrogens with one attached hydrogen (secondary N) is 1. The summed E-state index contributed by atoms with van der Waals surface area (Å²) in [5, 5.41) is 6.72. The summed E-state index contributed by atoms with van der Waals surface area (Å²) in [6.45, 7) is 5.26. The van der Waals surface area contributed by atoms with Gasteiger partial charge in [-0.2, -0.15) is 0 Å². The van der Waals surface area contributed by atoms with Crippen molar-refractivity contribution in [3.8, 4) is 0 Å². The van der Waals surface area contributed by atoms with Crippen LogP contribution in [0.15, 0.2) is 11.6 Å². The fraction of sp³-hybridized carbons (Fsp3) is 0.750. The molecule has 0 bridgehead atoms. The predicted octanol–water partition coefficient (Wildman–Crippen LogP) is 2.39. The van der Waals surface area contributed by atoms with Crippen LogP contribution in [0.3, 0.4) is 0 Å². The van der Waals surface area contributed by atoms with Crippen molar-refractivity contribution in [1.82, 2.24) is 10.3 Å². The zero-order chi connectivity index (χ0) is 11.6. The fourth-order valence-corrected chi connectivity index (χ4v) is 3.19. The van der Waals surface area contributed by atoms with Crippen LogP contribution < -0.4 is 5.32 Å². The van der Waals surface area contributed by atoms with Crippen LogP contribution in [0.1, 0.15) is 31.7 Å². The van der Waals surface area contributed by atoms with E-state index in [1.807, 2.05) is 18.6 Å². The van der Waals surface area contributed by atoms with Crippen LogP contribution in [-0.4, -0.2) is 24.7 Å². The molecule has 4 heteroatoms. The van der Waals surface area contributed by atoms with Crippen molar-refractivity contribution in [2.45, 2.75) is 38.3 Å². The molecule has 1 aliphatic rings. The maximum atomic E-state index is 5.83. The van der Waals surface area contributed by atoms with Crippen LogP contribution in [0.25, 0.3) is 0 Å². The van der Waals surface area contributed by atoms with Crippen molar-refractivity contribution in [3.05, 3.63) is 16.6 Å². The van der Waals surface area contributed by atoms with Crippen LogP contribution in [-0.2, 0) is 10.3 Å². The highest BCUT2D eigenvalue weighted by atomic mass is 32.1. The number of aromatic nitrogens is 1. The second-order valence-electron chi connectivity index (χ2n) is 4.78. The number of thiazole rings is 1. The topological polar surface area (TPSA) is 34.2 Å². The molecular weight excluding hydrogens is 220 g/mol. The van der Waals surface area contributed by atoms with E-state index in [1.54, 1.807) is 11.3 Å². The first-order valence-corrected chi connectivity index (χ1v) is 6.76. The molecule has 0 saturated carbocycles. The predicted molar refractivity (Wildman–Crippen MR) is 66.7 cm³/mol. The number of hydrogen-bond acceptors (Lipinski definition) is 4. The van der Waals surface area contributed by atoms with E-state index < -0.39 is 0 Å². The Morgan fingerprint density at radius 1 is 1.62 bits per heavy atom. The first-order valence-electron chi connectivity index (χ1n) is 5.88. The molecular formula is C12H20N2OS. The lowest BCUT2D eigenvalue weighted by molar-refractivity contribution is -0.0517. The molecule has 0 aromatic carbocycles. The minimum atomic E-state index is 0.0291. The zero-order valence-electron chi connectivity index (χ0n) is 10.2. The average molecular weight is 240 g/mol. The number of rotatable bonds is 3. The normalized spacial score (nSPS) is 30.9. The Kier molecular flexibility index (Phi) is 3.62. The van der Waals surface area contributed by atoms with Crippen molar-refractivity contribution in [1.29, 1.82) is 0 Å². The smallest absolute Gasteiger partial charge is 0.113 e. The molecule has 0 spiro atoms. The van der Waals surface area contributed by atoms with Crippen LogP contribution >= 0.6 is 11.3 Å². The molecule has 1 fully saturated rings. The van der Waals surface area contributed by atoms with E-state index in [0.29, 0.717) is 12.0 Å². The third-order valence-electron chi connectivity index (χ3n) is 3.47. The Labute approximate surface area is 101 Å². The average Bonchev–Trinajstić information content (AvgIpc) is 2.83. The molecule has 1 aromatic rings. The minimum absolute atomic E-state index is 0.0291. The van der Waals surface area contributed by atoms with E-state index in [0.717, 1.165) is 19.4 Å². The summed E-state index contributed by atoms with van der Waals surface area (Å²) in [5.41, 5.74) is 0.0291. The quantitative estimate of drug-likeness (QED) is 0.881. The van der Waals surface area contributed by atoms with Crippen molar-refractivity contribution in [2.24, 2.45) is 5.92 Å². The van der Waals surface area contributed by atoms with Gasteiger partial charge in [0.2, 0.25) is 0 Å². The van der Waals surface area contributed by atoms with E-state index in [-0.39, 0.29) is 5.54 Å². The molecule has 1 aromatic heterocycles. The second kappa shape index (κ2) is 4.82. The Balaban J connectivity index is 2.21. The summed E-state index contributed by atoms with van der Waals surface area (Å²) in [6, 6.07) is 0. The Bertz CT molecular complexity index is 326. The van der Waals surface area contributed by atoms with E-state index in [1.165, 1.54) is 5.01 Å². The van der Waals surface area contributed by atoms with Gasteiger partial charge in [-0.1, -0.05) is 13.8 Å². The van der Waals surface area contributed by atoms with Gasteiger partial charge >= 0.3 is 0 Å². The van der Waals surface area contributed by atoms with Crippen molar-refractivity contribution >= 4 is 11.3 Å².